The quantitative estimate of drug-likeness (QED) is 0.789. The molecule has 1 fully saturated rings. The molecule has 3 amide bonds. The van der Waals surface area contributed by atoms with Crippen molar-refractivity contribution in [1.82, 2.24) is 25.5 Å². The topological polar surface area (TPSA) is 90.1 Å². The van der Waals surface area contributed by atoms with Crippen molar-refractivity contribution in [3.8, 4) is 0 Å². The van der Waals surface area contributed by atoms with E-state index in [0.29, 0.717) is 19.6 Å². The van der Waals surface area contributed by atoms with Gasteiger partial charge in [-0.3, -0.25) is 4.79 Å². The number of hydrogen-bond acceptors (Lipinski definition) is 3. The van der Waals surface area contributed by atoms with Gasteiger partial charge in [-0.25, -0.2) is 9.78 Å². The zero-order valence-electron chi connectivity index (χ0n) is 12.4. The normalized spacial score (nSPS) is 17.7. The summed E-state index contributed by atoms with van der Waals surface area (Å²) < 4.78 is 0. The zero-order valence-corrected chi connectivity index (χ0v) is 12.4. The Labute approximate surface area is 128 Å². The molecule has 1 aromatic carbocycles. The van der Waals surface area contributed by atoms with Gasteiger partial charge in [-0.15, -0.1) is 0 Å². The summed E-state index contributed by atoms with van der Waals surface area (Å²) >= 11 is 0. The molecule has 0 spiro atoms. The minimum absolute atomic E-state index is 0.0554. The Morgan fingerprint density at radius 1 is 1.45 bits per heavy atom. The lowest BCUT2D eigenvalue weighted by molar-refractivity contribution is -0.119. The molecule has 1 saturated heterocycles. The van der Waals surface area contributed by atoms with E-state index in [9.17, 15) is 9.59 Å². The first-order valence-corrected chi connectivity index (χ1v) is 7.34. The van der Waals surface area contributed by atoms with Gasteiger partial charge in [0.15, 0.2) is 0 Å². The molecule has 0 bridgehead atoms. The van der Waals surface area contributed by atoms with Gasteiger partial charge in [-0.05, 0) is 24.1 Å². The Hall–Kier alpha value is -2.57. The number of amides is 3. The van der Waals surface area contributed by atoms with Crippen LogP contribution in [0, 0.1) is 0 Å². The number of urea groups is 1. The molecule has 1 aliphatic rings. The molecule has 1 aliphatic heterocycles. The fourth-order valence-electron chi connectivity index (χ4n) is 2.73. The highest BCUT2D eigenvalue weighted by molar-refractivity contribution is 5.77. The van der Waals surface area contributed by atoms with Crippen molar-refractivity contribution in [1.29, 1.82) is 0 Å². The third-order valence-electron chi connectivity index (χ3n) is 3.81. The number of aromatic amines is 1. The van der Waals surface area contributed by atoms with Gasteiger partial charge < -0.3 is 20.5 Å². The predicted octanol–water partition coefficient (Wildman–Crippen LogP) is 0.983. The van der Waals surface area contributed by atoms with Crippen LogP contribution in [-0.2, 0) is 11.3 Å². The maximum atomic E-state index is 12.1. The molecular weight excluding hydrogens is 282 g/mol. The Balaban J connectivity index is 1.53. The highest BCUT2D eigenvalue weighted by Crippen LogP contribution is 2.12. The summed E-state index contributed by atoms with van der Waals surface area (Å²) in [7, 11) is 0. The predicted molar refractivity (Wildman–Crippen MR) is 82.1 cm³/mol. The van der Waals surface area contributed by atoms with Crippen molar-refractivity contribution in [3.63, 3.8) is 0 Å². The SMILES string of the molecule is CC(=O)N[C@H]1CCN(C(=O)NCc2ccc3nc[nH]c3c2)C1. The summed E-state index contributed by atoms with van der Waals surface area (Å²) in [6, 6.07) is 5.82. The number of fused-ring (bicyclic) bond motifs is 1. The molecule has 116 valence electrons. The number of rotatable bonds is 3. The van der Waals surface area contributed by atoms with Crippen LogP contribution in [0.1, 0.15) is 18.9 Å². The molecule has 2 aromatic rings. The minimum atomic E-state index is -0.0995. The van der Waals surface area contributed by atoms with Gasteiger partial charge in [0.25, 0.3) is 0 Å². The molecule has 1 atom stereocenters. The summed E-state index contributed by atoms with van der Waals surface area (Å²) in [5.74, 6) is -0.0554. The van der Waals surface area contributed by atoms with Gasteiger partial charge in [0, 0.05) is 32.6 Å². The van der Waals surface area contributed by atoms with E-state index < -0.39 is 0 Å². The number of aromatic nitrogens is 2. The van der Waals surface area contributed by atoms with Gasteiger partial charge in [-0.2, -0.15) is 0 Å². The molecule has 1 aromatic heterocycles. The van der Waals surface area contributed by atoms with E-state index in [0.717, 1.165) is 23.0 Å². The number of nitrogens with zero attached hydrogens (tertiary/aromatic N) is 2. The number of hydrogen-bond donors (Lipinski definition) is 3. The molecule has 0 aliphatic carbocycles. The van der Waals surface area contributed by atoms with Crippen molar-refractivity contribution in [2.75, 3.05) is 13.1 Å². The van der Waals surface area contributed by atoms with Crippen molar-refractivity contribution < 1.29 is 9.59 Å². The number of carbonyl (C=O) groups is 2. The second-order valence-corrected chi connectivity index (χ2v) is 5.54. The van der Waals surface area contributed by atoms with Crippen LogP contribution in [0.2, 0.25) is 0 Å². The van der Waals surface area contributed by atoms with E-state index >= 15 is 0 Å². The summed E-state index contributed by atoms with van der Waals surface area (Å²) in [6.45, 7) is 3.19. The van der Waals surface area contributed by atoms with E-state index in [4.69, 9.17) is 0 Å². The molecule has 2 heterocycles. The zero-order chi connectivity index (χ0) is 15.5. The largest absolute Gasteiger partial charge is 0.352 e. The van der Waals surface area contributed by atoms with Crippen LogP contribution >= 0.6 is 0 Å². The monoisotopic (exact) mass is 301 g/mol. The van der Waals surface area contributed by atoms with Crippen LogP contribution in [-0.4, -0.2) is 45.9 Å². The summed E-state index contributed by atoms with van der Waals surface area (Å²) in [6.07, 6.45) is 2.45. The minimum Gasteiger partial charge on any atom is -0.352 e. The molecule has 0 unspecified atom stereocenters. The maximum absolute atomic E-state index is 12.1. The first-order chi connectivity index (χ1) is 10.6. The summed E-state index contributed by atoms with van der Waals surface area (Å²) in [5.41, 5.74) is 2.88. The van der Waals surface area contributed by atoms with E-state index in [1.807, 2.05) is 18.2 Å². The number of imidazole rings is 1. The summed E-state index contributed by atoms with van der Waals surface area (Å²) in [5, 5.41) is 5.76. The fraction of sp³-hybridized carbons (Fsp3) is 0.400. The Morgan fingerprint density at radius 3 is 3.14 bits per heavy atom. The Morgan fingerprint density at radius 2 is 2.32 bits per heavy atom. The van der Waals surface area contributed by atoms with E-state index in [1.165, 1.54) is 6.92 Å². The standard InChI is InChI=1S/C15H19N5O2/c1-10(21)19-12-4-5-20(8-12)15(22)16-7-11-2-3-13-14(6-11)18-9-17-13/h2-3,6,9,12H,4-5,7-8H2,1H3,(H,16,22)(H,17,18)(H,19,21)/t12-/m0/s1. The van der Waals surface area contributed by atoms with Crippen LogP contribution in [0.3, 0.4) is 0 Å². The molecular formula is C15H19N5O2. The lowest BCUT2D eigenvalue weighted by atomic mass is 10.2. The molecule has 22 heavy (non-hydrogen) atoms. The van der Waals surface area contributed by atoms with Gasteiger partial charge in [0.2, 0.25) is 5.91 Å². The number of H-pyrrole nitrogens is 1. The number of carbonyl (C=O) groups excluding carboxylic acids is 2. The molecule has 0 saturated carbocycles. The average Bonchev–Trinajstić information content (AvgIpc) is 3.12. The highest BCUT2D eigenvalue weighted by Gasteiger charge is 2.26. The van der Waals surface area contributed by atoms with Crippen LogP contribution in [0.25, 0.3) is 11.0 Å². The van der Waals surface area contributed by atoms with E-state index in [-0.39, 0.29) is 18.0 Å². The molecule has 7 heteroatoms. The Kier molecular flexibility index (Phi) is 3.95. The van der Waals surface area contributed by atoms with Crippen LogP contribution in [0.15, 0.2) is 24.5 Å². The van der Waals surface area contributed by atoms with Crippen LogP contribution in [0.4, 0.5) is 4.79 Å². The Bertz CT molecular complexity index is 696. The first-order valence-electron chi connectivity index (χ1n) is 7.34. The van der Waals surface area contributed by atoms with Gasteiger partial charge in [-0.1, -0.05) is 6.07 Å². The van der Waals surface area contributed by atoms with Gasteiger partial charge in [0.05, 0.1) is 17.4 Å². The number of likely N-dealkylation sites (tertiary alicyclic amines) is 1. The van der Waals surface area contributed by atoms with E-state index in [1.54, 1.807) is 11.2 Å². The second-order valence-electron chi connectivity index (χ2n) is 5.54. The highest BCUT2D eigenvalue weighted by atomic mass is 16.2. The van der Waals surface area contributed by atoms with E-state index in [2.05, 4.69) is 20.6 Å². The fourth-order valence-corrected chi connectivity index (χ4v) is 2.73. The molecule has 0 radical (unpaired) electrons. The van der Waals surface area contributed by atoms with Gasteiger partial charge >= 0.3 is 6.03 Å². The van der Waals surface area contributed by atoms with Crippen molar-refractivity contribution in [2.45, 2.75) is 25.9 Å². The second kappa shape index (κ2) is 6.05. The van der Waals surface area contributed by atoms with Crippen molar-refractivity contribution in [2.24, 2.45) is 0 Å². The maximum Gasteiger partial charge on any atom is 0.317 e. The first kappa shape index (κ1) is 14.4. The van der Waals surface area contributed by atoms with Crippen LogP contribution < -0.4 is 10.6 Å². The number of nitrogens with one attached hydrogen (secondary N) is 3. The lowest BCUT2D eigenvalue weighted by Gasteiger charge is -2.17. The van der Waals surface area contributed by atoms with Crippen LogP contribution in [0.5, 0.6) is 0 Å². The van der Waals surface area contributed by atoms with Crippen molar-refractivity contribution in [3.05, 3.63) is 30.1 Å². The molecule has 7 nitrogen and oxygen atoms in total. The number of benzene rings is 1. The summed E-state index contributed by atoms with van der Waals surface area (Å²) in [4.78, 5) is 32.1. The lowest BCUT2D eigenvalue weighted by Crippen LogP contribution is -2.41. The van der Waals surface area contributed by atoms with Crippen molar-refractivity contribution >= 4 is 23.0 Å². The average molecular weight is 301 g/mol. The smallest absolute Gasteiger partial charge is 0.317 e. The van der Waals surface area contributed by atoms with Gasteiger partial charge in [0.1, 0.15) is 0 Å². The third kappa shape index (κ3) is 3.19. The third-order valence-corrected chi connectivity index (χ3v) is 3.81. The molecule has 3 N–H and O–H groups in total. The molecule has 3 rings (SSSR count).